The lowest BCUT2D eigenvalue weighted by Gasteiger charge is -2.08. The Hall–Kier alpha value is -1.37. The van der Waals surface area contributed by atoms with E-state index in [4.69, 9.17) is 33.7 Å². The fraction of sp³-hybridized carbons (Fsp3) is 0.462. The maximum absolute atomic E-state index is 6.21. The van der Waals surface area contributed by atoms with Crippen molar-refractivity contribution in [3.05, 3.63) is 22.2 Å². The SMILES string of the molecule is CCCOCCCn1nnnc1-c1cc(N)cc(Cl)c1Cl. The molecule has 0 atom stereocenters. The van der Waals surface area contributed by atoms with Gasteiger partial charge in [0.25, 0.3) is 0 Å². The number of tetrazole rings is 1. The van der Waals surface area contributed by atoms with E-state index >= 15 is 0 Å². The molecule has 0 spiro atoms. The highest BCUT2D eigenvalue weighted by molar-refractivity contribution is 6.43. The molecule has 2 N–H and O–H groups in total. The Morgan fingerprint density at radius 1 is 1.29 bits per heavy atom. The van der Waals surface area contributed by atoms with Gasteiger partial charge in [0, 0.05) is 31.0 Å². The predicted octanol–water partition coefficient (Wildman–Crippen LogP) is 3.05. The molecule has 0 saturated carbocycles. The van der Waals surface area contributed by atoms with Gasteiger partial charge in [-0.2, -0.15) is 0 Å². The summed E-state index contributed by atoms with van der Waals surface area (Å²) in [6.45, 7) is 4.14. The minimum Gasteiger partial charge on any atom is -0.399 e. The highest BCUT2D eigenvalue weighted by atomic mass is 35.5. The zero-order chi connectivity index (χ0) is 15.2. The molecule has 0 radical (unpaired) electrons. The van der Waals surface area contributed by atoms with Crippen molar-refractivity contribution in [1.29, 1.82) is 0 Å². The molecule has 6 nitrogen and oxygen atoms in total. The Morgan fingerprint density at radius 2 is 2.10 bits per heavy atom. The molecule has 114 valence electrons. The van der Waals surface area contributed by atoms with Crippen LogP contribution < -0.4 is 5.73 Å². The van der Waals surface area contributed by atoms with Crippen molar-refractivity contribution in [2.24, 2.45) is 0 Å². The van der Waals surface area contributed by atoms with Crippen molar-refractivity contribution >= 4 is 28.9 Å². The van der Waals surface area contributed by atoms with E-state index in [1.54, 1.807) is 16.8 Å². The lowest BCUT2D eigenvalue weighted by molar-refractivity contribution is 0.128. The normalized spacial score (nSPS) is 11.0. The number of anilines is 1. The Kier molecular flexibility index (Phi) is 5.78. The topological polar surface area (TPSA) is 78.8 Å². The number of benzene rings is 1. The van der Waals surface area contributed by atoms with Gasteiger partial charge in [-0.3, -0.25) is 0 Å². The number of aryl methyl sites for hydroxylation is 1. The van der Waals surface area contributed by atoms with Crippen molar-refractivity contribution in [2.75, 3.05) is 18.9 Å². The molecular weight excluding hydrogens is 313 g/mol. The van der Waals surface area contributed by atoms with Crippen LogP contribution in [-0.2, 0) is 11.3 Å². The molecule has 1 aromatic heterocycles. The molecule has 0 aliphatic rings. The molecule has 1 aromatic carbocycles. The van der Waals surface area contributed by atoms with Crippen LogP contribution in [0.25, 0.3) is 11.4 Å². The van der Waals surface area contributed by atoms with Crippen LogP contribution in [0.3, 0.4) is 0 Å². The molecule has 2 rings (SSSR count). The molecule has 8 heteroatoms. The molecule has 0 aliphatic carbocycles. The van der Waals surface area contributed by atoms with Gasteiger partial charge in [0.1, 0.15) is 0 Å². The van der Waals surface area contributed by atoms with Crippen molar-refractivity contribution in [3.8, 4) is 11.4 Å². The van der Waals surface area contributed by atoms with E-state index in [0.29, 0.717) is 40.3 Å². The van der Waals surface area contributed by atoms with Crippen LogP contribution in [0.15, 0.2) is 12.1 Å². The molecule has 0 bridgehead atoms. The van der Waals surface area contributed by atoms with Crippen LogP contribution in [0.4, 0.5) is 5.69 Å². The lowest BCUT2D eigenvalue weighted by atomic mass is 10.2. The summed E-state index contributed by atoms with van der Waals surface area (Å²) in [5.74, 6) is 0.546. The zero-order valence-electron chi connectivity index (χ0n) is 11.7. The summed E-state index contributed by atoms with van der Waals surface area (Å²) in [6, 6.07) is 3.31. The second-order valence-corrected chi connectivity index (χ2v) is 5.34. The number of nitrogens with zero attached hydrogens (tertiary/aromatic N) is 4. The van der Waals surface area contributed by atoms with Crippen LogP contribution in [0.5, 0.6) is 0 Å². The van der Waals surface area contributed by atoms with Gasteiger partial charge in [0.2, 0.25) is 0 Å². The smallest absolute Gasteiger partial charge is 0.183 e. The average molecular weight is 330 g/mol. The summed E-state index contributed by atoms with van der Waals surface area (Å²) >= 11 is 12.3. The number of rotatable bonds is 7. The van der Waals surface area contributed by atoms with E-state index in [1.165, 1.54) is 0 Å². The third-order valence-corrected chi connectivity index (χ3v) is 3.63. The zero-order valence-corrected chi connectivity index (χ0v) is 13.2. The second kappa shape index (κ2) is 7.59. The third kappa shape index (κ3) is 4.06. The van der Waals surface area contributed by atoms with Gasteiger partial charge in [-0.05, 0) is 35.4 Å². The Balaban J connectivity index is 2.13. The van der Waals surface area contributed by atoms with Gasteiger partial charge < -0.3 is 10.5 Å². The van der Waals surface area contributed by atoms with Crippen molar-refractivity contribution in [1.82, 2.24) is 20.2 Å². The van der Waals surface area contributed by atoms with Crippen LogP contribution in [0.2, 0.25) is 10.0 Å². The molecular formula is C13H17Cl2N5O. The molecule has 0 aliphatic heterocycles. The van der Waals surface area contributed by atoms with Crippen molar-refractivity contribution in [3.63, 3.8) is 0 Å². The van der Waals surface area contributed by atoms with Gasteiger partial charge in [0.05, 0.1) is 10.0 Å². The highest BCUT2D eigenvalue weighted by Gasteiger charge is 2.15. The van der Waals surface area contributed by atoms with E-state index in [9.17, 15) is 0 Å². The number of nitrogen functional groups attached to an aromatic ring is 1. The fourth-order valence-corrected chi connectivity index (χ4v) is 2.31. The summed E-state index contributed by atoms with van der Waals surface area (Å²) in [5.41, 5.74) is 6.94. The summed E-state index contributed by atoms with van der Waals surface area (Å²) in [6.07, 6.45) is 1.82. The van der Waals surface area contributed by atoms with E-state index in [0.717, 1.165) is 19.4 Å². The predicted molar refractivity (Wildman–Crippen MR) is 83.4 cm³/mol. The first kappa shape index (κ1) is 16.0. The van der Waals surface area contributed by atoms with E-state index in [2.05, 4.69) is 22.4 Å². The van der Waals surface area contributed by atoms with Gasteiger partial charge >= 0.3 is 0 Å². The Labute approximate surface area is 133 Å². The first-order valence-electron chi connectivity index (χ1n) is 6.72. The first-order chi connectivity index (χ1) is 10.1. The molecule has 2 aromatic rings. The summed E-state index contributed by atoms with van der Waals surface area (Å²) in [5, 5.41) is 12.4. The maximum Gasteiger partial charge on any atom is 0.183 e. The lowest BCUT2D eigenvalue weighted by Crippen LogP contribution is -2.07. The minimum atomic E-state index is 0.382. The largest absolute Gasteiger partial charge is 0.399 e. The quantitative estimate of drug-likeness (QED) is 0.623. The molecule has 0 saturated heterocycles. The summed E-state index contributed by atoms with van der Waals surface area (Å²) in [7, 11) is 0. The average Bonchev–Trinajstić information content (AvgIpc) is 2.91. The first-order valence-corrected chi connectivity index (χ1v) is 7.48. The monoisotopic (exact) mass is 329 g/mol. The number of hydrogen-bond acceptors (Lipinski definition) is 5. The van der Waals surface area contributed by atoms with Gasteiger partial charge in [-0.25, -0.2) is 4.68 Å². The van der Waals surface area contributed by atoms with Crippen LogP contribution in [0.1, 0.15) is 19.8 Å². The van der Waals surface area contributed by atoms with Gasteiger partial charge in [-0.1, -0.05) is 30.1 Å². The number of halogens is 2. The van der Waals surface area contributed by atoms with Crippen molar-refractivity contribution in [2.45, 2.75) is 26.3 Å². The van der Waals surface area contributed by atoms with Gasteiger partial charge in [-0.15, -0.1) is 5.10 Å². The summed E-state index contributed by atoms with van der Waals surface area (Å²) in [4.78, 5) is 0. The number of nitrogens with two attached hydrogens (primary N) is 1. The fourth-order valence-electron chi connectivity index (χ4n) is 1.88. The second-order valence-electron chi connectivity index (χ2n) is 4.56. The third-order valence-electron chi connectivity index (χ3n) is 2.83. The van der Waals surface area contributed by atoms with E-state index < -0.39 is 0 Å². The number of aromatic nitrogens is 4. The minimum absolute atomic E-state index is 0.382. The van der Waals surface area contributed by atoms with E-state index in [1.807, 2.05) is 0 Å². The summed E-state index contributed by atoms with van der Waals surface area (Å²) < 4.78 is 7.11. The molecule has 21 heavy (non-hydrogen) atoms. The van der Waals surface area contributed by atoms with Crippen LogP contribution in [0, 0.1) is 0 Å². The van der Waals surface area contributed by atoms with E-state index in [-0.39, 0.29) is 0 Å². The van der Waals surface area contributed by atoms with Gasteiger partial charge in [0.15, 0.2) is 5.82 Å². The number of ether oxygens (including phenoxy) is 1. The molecule has 0 amide bonds. The highest BCUT2D eigenvalue weighted by Crippen LogP contribution is 2.34. The molecule has 0 unspecified atom stereocenters. The Morgan fingerprint density at radius 3 is 2.86 bits per heavy atom. The Bertz CT molecular complexity index is 602. The van der Waals surface area contributed by atoms with Crippen LogP contribution >= 0.6 is 23.2 Å². The van der Waals surface area contributed by atoms with Crippen LogP contribution in [-0.4, -0.2) is 33.4 Å². The molecule has 0 fully saturated rings. The van der Waals surface area contributed by atoms with Crippen molar-refractivity contribution < 1.29 is 4.74 Å². The number of hydrogen-bond donors (Lipinski definition) is 1. The molecule has 1 heterocycles. The standard InChI is InChI=1S/C13H17Cl2N5O/c1-2-5-21-6-3-4-20-13(17-18-19-20)10-7-9(16)8-11(14)12(10)15/h7-8H,2-6,16H2,1H3. The maximum atomic E-state index is 6.21.